The van der Waals surface area contributed by atoms with Gasteiger partial charge in [0.2, 0.25) is 0 Å². The van der Waals surface area contributed by atoms with Crippen molar-refractivity contribution in [2.24, 2.45) is 11.8 Å². The summed E-state index contributed by atoms with van der Waals surface area (Å²) in [6, 6.07) is 2.40. The molecular weight excluding hydrogens is 437 g/mol. The molecule has 0 radical (unpaired) electrons. The monoisotopic (exact) mass is 472 g/mol. The van der Waals surface area contributed by atoms with Crippen molar-refractivity contribution in [1.29, 1.82) is 0 Å². The number of benzene rings is 1. The molecule has 1 heterocycles. The molecule has 2 aliphatic rings. The molecule has 2 unspecified atom stereocenters. The summed E-state index contributed by atoms with van der Waals surface area (Å²) in [5.74, 6) is -2.74. The number of hydrogen-bond donors (Lipinski definition) is 0. The van der Waals surface area contributed by atoms with E-state index in [0.29, 0.717) is 24.9 Å². The maximum absolute atomic E-state index is 14.7. The summed E-state index contributed by atoms with van der Waals surface area (Å²) in [7, 11) is 0. The molecule has 0 aromatic heterocycles. The van der Waals surface area contributed by atoms with Gasteiger partial charge in [-0.3, -0.25) is 4.79 Å². The number of esters is 1. The first kappa shape index (κ1) is 25.8. The molecule has 1 aromatic rings. The molecule has 2 atom stereocenters. The summed E-state index contributed by atoms with van der Waals surface area (Å²) >= 11 is 0. The maximum atomic E-state index is 14.7. The van der Waals surface area contributed by atoms with Crippen LogP contribution in [-0.2, 0) is 14.3 Å². The predicted molar refractivity (Wildman–Crippen MR) is 117 cm³/mol. The zero-order chi connectivity index (χ0) is 23.8. The van der Waals surface area contributed by atoms with Gasteiger partial charge < -0.3 is 18.9 Å². The third kappa shape index (κ3) is 6.85. The molecule has 3 rings (SSSR count). The number of rotatable bonds is 10. The van der Waals surface area contributed by atoms with E-state index in [9.17, 15) is 18.0 Å². The smallest absolute Gasteiger partial charge is 0.316 e. The molecule has 1 aromatic carbocycles. The van der Waals surface area contributed by atoms with Gasteiger partial charge in [-0.05, 0) is 69.9 Å². The number of hydrogen-bond acceptors (Lipinski definition) is 5. The molecule has 1 saturated heterocycles. The number of unbranched alkanes of at least 4 members (excludes halogenated alkanes) is 1. The molecule has 0 N–H and O–H groups in total. The first-order valence-corrected chi connectivity index (χ1v) is 12.1. The van der Waals surface area contributed by atoms with Gasteiger partial charge in [0, 0.05) is 6.61 Å². The van der Waals surface area contributed by atoms with Crippen LogP contribution in [0.5, 0.6) is 11.5 Å². The lowest BCUT2D eigenvalue weighted by molar-refractivity contribution is -0.148. The lowest BCUT2D eigenvalue weighted by Crippen LogP contribution is -2.38. The average molecular weight is 473 g/mol. The third-order valence-corrected chi connectivity index (χ3v) is 6.58. The first-order valence-electron chi connectivity index (χ1n) is 12.1. The highest BCUT2D eigenvalue weighted by Gasteiger charge is 2.35. The van der Waals surface area contributed by atoms with E-state index in [2.05, 4.69) is 0 Å². The SMILES string of the molecule is CCCCOc1ccc(OC(=O)C2CCC(C3CCC(OCC)CC3)OC2)c(F)c1C(F)F. The minimum Gasteiger partial charge on any atom is -0.493 e. The van der Waals surface area contributed by atoms with Gasteiger partial charge in [0.05, 0.1) is 36.9 Å². The Morgan fingerprint density at radius 3 is 2.42 bits per heavy atom. The molecule has 33 heavy (non-hydrogen) atoms. The Bertz CT molecular complexity index is 757. The Balaban J connectivity index is 1.54. The highest BCUT2D eigenvalue weighted by molar-refractivity contribution is 5.75. The summed E-state index contributed by atoms with van der Waals surface area (Å²) in [6.07, 6.45) is 4.23. The van der Waals surface area contributed by atoms with Crippen LogP contribution in [0.25, 0.3) is 0 Å². The van der Waals surface area contributed by atoms with E-state index < -0.39 is 35.4 Å². The highest BCUT2D eigenvalue weighted by atomic mass is 19.3. The minimum absolute atomic E-state index is 0.0957. The van der Waals surface area contributed by atoms with Crippen LogP contribution < -0.4 is 9.47 Å². The summed E-state index contributed by atoms with van der Waals surface area (Å²) in [6.45, 7) is 5.07. The zero-order valence-corrected chi connectivity index (χ0v) is 19.5. The normalized spacial score (nSPS) is 25.8. The molecule has 1 aliphatic heterocycles. The van der Waals surface area contributed by atoms with E-state index in [1.165, 1.54) is 12.1 Å². The van der Waals surface area contributed by atoms with Crippen molar-refractivity contribution < 1.29 is 36.9 Å². The van der Waals surface area contributed by atoms with Gasteiger partial charge in [-0.2, -0.15) is 0 Å². The van der Waals surface area contributed by atoms with Crippen LogP contribution >= 0.6 is 0 Å². The average Bonchev–Trinajstić information content (AvgIpc) is 2.81. The molecule has 0 bridgehead atoms. The van der Waals surface area contributed by atoms with E-state index >= 15 is 0 Å². The Morgan fingerprint density at radius 2 is 1.82 bits per heavy atom. The van der Waals surface area contributed by atoms with Crippen LogP contribution in [0.2, 0.25) is 0 Å². The lowest BCUT2D eigenvalue weighted by atomic mass is 9.80. The zero-order valence-electron chi connectivity index (χ0n) is 19.5. The number of halogens is 3. The van der Waals surface area contributed by atoms with Crippen LogP contribution in [0, 0.1) is 17.7 Å². The minimum atomic E-state index is -3.09. The van der Waals surface area contributed by atoms with E-state index in [-0.39, 0.29) is 25.1 Å². The van der Waals surface area contributed by atoms with Crippen LogP contribution in [-0.4, -0.2) is 38.0 Å². The largest absolute Gasteiger partial charge is 0.493 e. The quantitative estimate of drug-likeness (QED) is 0.229. The summed E-state index contributed by atoms with van der Waals surface area (Å²) < 4.78 is 63.8. The first-order chi connectivity index (χ1) is 15.9. The van der Waals surface area contributed by atoms with Crippen molar-refractivity contribution in [3.05, 3.63) is 23.5 Å². The standard InChI is InChI=1S/C25H35F3O5/c1-3-5-14-31-20-12-13-21(23(26)22(20)24(27)28)33-25(29)17-8-11-19(32-15-17)16-6-9-18(10-7-16)30-4-2/h12-13,16-19,24H,3-11,14-15H2,1-2H3. The van der Waals surface area contributed by atoms with Gasteiger partial charge in [0.15, 0.2) is 11.6 Å². The fourth-order valence-electron chi connectivity index (χ4n) is 4.67. The molecule has 0 spiro atoms. The maximum Gasteiger partial charge on any atom is 0.316 e. The number of alkyl halides is 2. The molecular formula is C25H35F3O5. The second-order valence-corrected chi connectivity index (χ2v) is 8.85. The number of carbonyl (C=O) groups is 1. The van der Waals surface area contributed by atoms with Gasteiger partial charge in [-0.15, -0.1) is 0 Å². The third-order valence-electron chi connectivity index (χ3n) is 6.58. The summed E-state index contributed by atoms with van der Waals surface area (Å²) in [5, 5.41) is 0. The van der Waals surface area contributed by atoms with E-state index in [0.717, 1.165) is 45.1 Å². The number of ether oxygens (including phenoxy) is 4. The van der Waals surface area contributed by atoms with E-state index in [1.54, 1.807) is 0 Å². The van der Waals surface area contributed by atoms with Gasteiger partial charge in [-0.25, -0.2) is 13.2 Å². The number of carbonyl (C=O) groups excluding carboxylic acids is 1. The fourth-order valence-corrected chi connectivity index (χ4v) is 4.67. The van der Waals surface area contributed by atoms with E-state index in [4.69, 9.17) is 18.9 Å². The van der Waals surface area contributed by atoms with Crippen molar-refractivity contribution in [1.82, 2.24) is 0 Å². The van der Waals surface area contributed by atoms with Crippen LogP contribution in [0.4, 0.5) is 13.2 Å². The Morgan fingerprint density at radius 1 is 1.09 bits per heavy atom. The summed E-state index contributed by atoms with van der Waals surface area (Å²) in [5.41, 5.74) is -0.876. The molecule has 1 saturated carbocycles. The van der Waals surface area contributed by atoms with Crippen LogP contribution in [0.1, 0.15) is 77.2 Å². The fraction of sp³-hybridized carbons (Fsp3) is 0.720. The van der Waals surface area contributed by atoms with Crippen molar-refractivity contribution >= 4 is 5.97 Å². The van der Waals surface area contributed by atoms with Gasteiger partial charge in [0.25, 0.3) is 6.43 Å². The molecule has 186 valence electrons. The van der Waals surface area contributed by atoms with Crippen LogP contribution in [0.15, 0.2) is 12.1 Å². The molecule has 2 fully saturated rings. The van der Waals surface area contributed by atoms with Gasteiger partial charge >= 0.3 is 5.97 Å². The molecule has 0 amide bonds. The second-order valence-electron chi connectivity index (χ2n) is 8.85. The topological polar surface area (TPSA) is 54.0 Å². The molecule has 5 nitrogen and oxygen atoms in total. The van der Waals surface area contributed by atoms with Gasteiger partial charge in [-0.1, -0.05) is 13.3 Å². The van der Waals surface area contributed by atoms with Crippen LogP contribution in [0.3, 0.4) is 0 Å². The predicted octanol–water partition coefficient (Wildman–Crippen LogP) is 6.24. The molecule has 1 aliphatic carbocycles. The Hall–Kier alpha value is -1.80. The van der Waals surface area contributed by atoms with Crippen molar-refractivity contribution in [3.8, 4) is 11.5 Å². The Kier molecular flexibility index (Phi) is 9.86. The highest BCUT2D eigenvalue weighted by Crippen LogP contribution is 2.38. The lowest BCUT2D eigenvalue weighted by Gasteiger charge is -2.37. The summed E-state index contributed by atoms with van der Waals surface area (Å²) in [4.78, 5) is 12.6. The Labute approximate surface area is 193 Å². The van der Waals surface area contributed by atoms with Crippen molar-refractivity contribution in [3.63, 3.8) is 0 Å². The molecule has 8 heteroatoms. The van der Waals surface area contributed by atoms with E-state index in [1.807, 2.05) is 13.8 Å². The second kappa shape index (κ2) is 12.6. The van der Waals surface area contributed by atoms with Crippen molar-refractivity contribution in [2.45, 2.75) is 83.8 Å². The van der Waals surface area contributed by atoms with Gasteiger partial charge in [0.1, 0.15) is 5.75 Å². The van der Waals surface area contributed by atoms with Crippen molar-refractivity contribution in [2.75, 3.05) is 19.8 Å².